The van der Waals surface area contributed by atoms with Crippen molar-refractivity contribution in [3.63, 3.8) is 0 Å². The molecular weight excluding hydrogens is 276 g/mol. The van der Waals surface area contributed by atoms with Gasteiger partial charge in [0.15, 0.2) is 0 Å². The molecule has 0 saturated heterocycles. The number of carbonyl (C=O) groups is 1. The highest BCUT2D eigenvalue weighted by Crippen LogP contribution is 2.16. The lowest BCUT2D eigenvalue weighted by atomic mass is 10.1. The van der Waals surface area contributed by atoms with E-state index in [-0.39, 0.29) is 12.5 Å². The van der Waals surface area contributed by atoms with Crippen molar-refractivity contribution in [1.29, 1.82) is 0 Å². The van der Waals surface area contributed by atoms with Crippen LogP contribution in [0.3, 0.4) is 0 Å². The molecule has 1 atom stereocenters. The molecule has 0 fully saturated rings. The fraction of sp³-hybridized carbons (Fsp3) is 0.167. The second kappa shape index (κ2) is 6.03. The molecule has 1 amide bonds. The maximum absolute atomic E-state index is 12.2. The van der Waals surface area contributed by atoms with Gasteiger partial charge in [0.05, 0.1) is 0 Å². The average molecular weight is 294 g/mol. The molecule has 1 unspecified atom stereocenters. The molecule has 1 heterocycles. The van der Waals surface area contributed by atoms with Crippen molar-refractivity contribution in [3.8, 4) is 0 Å². The van der Waals surface area contributed by atoms with Gasteiger partial charge in [-0.25, -0.2) is 0 Å². The van der Waals surface area contributed by atoms with Crippen LogP contribution in [0.1, 0.15) is 22.2 Å². The molecule has 112 valence electrons. The highest BCUT2D eigenvalue weighted by molar-refractivity contribution is 5.98. The molecule has 0 bridgehead atoms. The van der Waals surface area contributed by atoms with Gasteiger partial charge in [0.2, 0.25) is 0 Å². The Hall–Kier alpha value is -2.59. The zero-order chi connectivity index (χ0) is 15.5. The molecule has 22 heavy (non-hydrogen) atoms. The summed E-state index contributed by atoms with van der Waals surface area (Å²) in [5.74, 6) is -0.181. The van der Waals surface area contributed by atoms with Gasteiger partial charge in [0.25, 0.3) is 5.91 Å². The van der Waals surface area contributed by atoms with E-state index in [1.54, 1.807) is 6.07 Å². The van der Waals surface area contributed by atoms with Gasteiger partial charge in [0, 0.05) is 31.0 Å². The second-order valence-electron chi connectivity index (χ2n) is 5.33. The van der Waals surface area contributed by atoms with Crippen molar-refractivity contribution in [2.45, 2.75) is 6.10 Å². The van der Waals surface area contributed by atoms with Crippen LogP contribution in [-0.2, 0) is 7.05 Å². The number of fused-ring (bicyclic) bond motifs is 1. The molecule has 2 N–H and O–H groups in total. The van der Waals surface area contributed by atoms with Gasteiger partial charge in [0.1, 0.15) is 6.10 Å². The summed E-state index contributed by atoms with van der Waals surface area (Å²) in [4.78, 5) is 12.2. The third-order valence-electron chi connectivity index (χ3n) is 3.79. The number of aliphatic hydroxyl groups excluding tert-OH is 1. The minimum Gasteiger partial charge on any atom is -0.385 e. The van der Waals surface area contributed by atoms with Gasteiger partial charge in [-0.15, -0.1) is 0 Å². The van der Waals surface area contributed by atoms with Crippen LogP contribution < -0.4 is 5.32 Å². The Morgan fingerprint density at radius 1 is 1.14 bits per heavy atom. The number of amides is 1. The van der Waals surface area contributed by atoms with E-state index in [9.17, 15) is 9.90 Å². The summed E-state index contributed by atoms with van der Waals surface area (Å²) in [6.45, 7) is 0.184. The van der Waals surface area contributed by atoms with Crippen molar-refractivity contribution in [2.24, 2.45) is 7.05 Å². The van der Waals surface area contributed by atoms with Crippen molar-refractivity contribution >= 4 is 16.7 Å². The first kappa shape index (κ1) is 14.4. The maximum Gasteiger partial charge on any atom is 0.251 e. The van der Waals surface area contributed by atoms with Crippen LogP contribution in [0.5, 0.6) is 0 Å². The molecule has 0 radical (unpaired) electrons. The summed E-state index contributed by atoms with van der Waals surface area (Å²) in [6.07, 6.45) is 1.15. The predicted molar refractivity (Wildman–Crippen MR) is 86.7 cm³/mol. The van der Waals surface area contributed by atoms with Crippen LogP contribution in [-0.4, -0.2) is 22.1 Å². The lowest BCUT2D eigenvalue weighted by molar-refractivity contribution is 0.0912. The summed E-state index contributed by atoms with van der Waals surface area (Å²) in [7, 11) is 1.86. The molecule has 2 aromatic carbocycles. The Balaban J connectivity index is 1.69. The third kappa shape index (κ3) is 2.87. The van der Waals surface area contributed by atoms with Crippen LogP contribution in [0.2, 0.25) is 0 Å². The van der Waals surface area contributed by atoms with Crippen LogP contribution in [0.4, 0.5) is 0 Å². The van der Waals surface area contributed by atoms with E-state index in [1.165, 1.54) is 0 Å². The fourth-order valence-electron chi connectivity index (χ4n) is 2.55. The third-order valence-corrected chi connectivity index (χ3v) is 3.79. The average Bonchev–Trinajstić information content (AvgIpc) is 2.98. The van der Waals surface area contributed by atoms with E-state index >= 15 is 0 Å². The summed E-state index contributed by atoms with van der Waals surface area (Å²) >= 11 is 0. The number of rotatable bonds is 4. The molecule has 0 spiro atoms. The van der Waals surface area contributed by atoms with Gasteiger partial charge in [-0.3, -0.25) is 4.79 Å². The highest BCUT2D eigenvalue weighted by atomic mass is 16.3. The molecule has 4 nitrogen and oxygen atoms in total. The first-order chi connectivity index (χ1) is 10.6. The first-order valence-corrected chi connectivity index (χ1v) is 7.21. The Labute approximate surface area is 129 Å². The Morgan fingerprint density at radius 2 is 1.91 bits per heavy atom. The van der Waals surface area contributed by atoms with E-state index in [2.05, 4.69) is 5.32 Å². The first-order valence-electron chi connectivity index (χ1n) is 7.21. The largest absolute Gasteiger partial charge is 0.385 e. The van der Waals surface area contributed by atoms with Gasteiger partial charge >= 0.3 is 0 Å². The van der Waals surface area contributed by atoms with E-state index in [4.69, 9.17) is 0 Å². The quantitative estimate of drug-likeness (QED) is 0.777. The van der Waals surface area contributed by atoms with Crippen molar-refractivity contribution in [3.05, 3.63) is 72.1 Å². The molecule has 3 aromatic rings. The Bertz CT molecular complexity index is 807. The van der Waals surface area contributed by atoms with E-state index in [0.29, 0.717) is 5.56 Å². The fourth-order valence-corrected chi connectivity index (χ4v) is 2.55. The van der Waals surface area contributed by atoms with Gasteiger partial charge < -0.3 is 15.0 Å². The van der Waals surface area contributed by atoms with E-state index in [0.717, 1.165) is 16.5 Å². The number of hydrogen-bond acceptors (Lipinski definition) is 2. The van der Waals surface area contributed by atoms with Crippen molar-refractivity contribution in [1.82, 2.24) is 9.88 Å². The van der Waals surface area contributed by atoms with Gasteiger partial charge in [-0.05, 0) is 35.0 Å². The topological polar surface area (TPSA) is 54.3 Å². The zero-order valence-corrected chi connectivity index (χ0v) is 12.4. The minimum absolute atomic E-state index is 0.181. The summed E-state index contributed by atoms with van der Waals surface area (Å²) in [6, 6.07) is 17.2. The number of aliphatic hydroxyl groups is 1. The van der Waals surface area contributed by atoms with Crippen LogP contribution in [0.15, 0.2) is 60.8 Å². The summed E-state index contributed by atoms with van der Waals surface area (Å²) in [5, 5.41) is 15.0. The van der Waals surface area contributed by atoms with Crippen LogP contribution >= 0.6 is 0 Å². The number of carbonyl (C=O) groups excluding carboxylic acids is 1. The Morgan fingerprint density at radius 3 is 2.64 bits per heavy atom. The van der Waals surface area contributed by atoms with Crippen LogP contribution in [0.25, 0.3) is 10.8 Å². The molecule has 0 aliphatic carbocycles. The number of hydrogen-bond donors (Lipinski definition) is 2. The van der Waals surface area contributed by atoms with Crippen LogP contribution in [0, 0.1) is 0 Å². The van der Waals surface area contributed by atoms with E-state index in [1.807, 2.05) is 66.3 Å². The molecule has 4 heteroatoms. The highest BCUT2D eigenvalue weighted by Gasteiger charge is 2.13. The number of nitrogens with one attached hydrogen (secondary N) is 1. The van der Waals surface area contributed by atoms with Gasteiger partial charge in [-0.2, -0.15) is 0 Å². The molecule has 0 aliphatic heterocycles. The Kier molecular flexibility index (Phi) is 3.94. The monoisotopic (exact) mass is 294 g/mol. The number of benzene rings is 2. The lowest BCUT2D eigenvalue weighted by Gasteiger charge is -2.13. The minimum atomic E-state index is -0.718. The molecular formula is C18H18N2O2. The molecule has 3 rings (SSSR count). The zero-order valence-electron chi connectivity index (χ0n) is 12.4. The molecule has 0 aliphatic rings. The van der Waals surface area contributed by atoms with Crippen molar-refractivity contribution in [2.75, 3.05) is 6.54 Å². The normalized spacial score (nSPS) is 12.3. The standard InChI is InChI=1S/C18H18N2O2/c1-20-10-4-7-16(20)17(21)12-19-18(22)15-9-8-13-5-2-3-6-14(13)11-15/h2-11,17,21H,12H2,1H3,(H,19,22). The summed E-state index contributed by atoms with van der Waals surface area (Å²) < 4.78 is 1.84. The number of aromatic nitrogens is 1. The van der Waals surface area contributed by atoms with Gasteiger partial charge in [-0.1, -0.05) is 30.3 Å². The lowest BCUT2D eigenvalue weighted by Crippen LogP contribution is -2.29. The second-order valence-corrected chi connectivity index (χ2v) is 5.33. The number of nitrogens with zero attached hydrogens (tertiary/aromatic N) is 1. The summed E-state index contributed by atoms with van der Waals surface area (Å²) in [5.41, 5.74) is 1.37. The smallest absolute Gasteiger partial charge is 0.251 e. The molecule has 1 aromatic heterocycles. The number of aryl methyl sites for hydroxylation is 1. The predicted octanol–water partition coefficient (Wildman–Crippen LogP) is 2.64. The maximum atomic E-state index is 12.2. The van der Waals surface area contributed by atoms with Crippen molar-refractivity contribution < 1.29 is 9.90 Å². The SMILES string of the molecule is Cn1cccc1C(O)CNC(=O)c1ccc2ccccc2c1. The van der Waals surface area contributed by atoms with E-state index < -0.39 is 6.10 Å². The molecule has 0 saturated carbocycles.